The normalized spacial score (nSPS) is 11.2. The lowest BCUT2D eigenvalue weighted by Crippen LogP contribution is -2.26. The minimum Gasteiger partial charge on any atom is -0.297 e. The molecule has 0 aromatic heterocycles. The van der Waals surface area contributed by atoms with Gasteiger partial charge in [0.1, 0.15) is 4.32 Å². The minimum atomic E-state index is -0.665. The minimum absolute atomic E-state index is 0.370. The highest BCUT2D eigenvalue weighted by atomic mass is 79.9. The molecule has 10 heavy (non-hydrogen) atoms. The summed E-state index contributed by atoms with van der Waals surface area (Å²) in [5.74, 6) is -0.422. The standard InChI is InChI=1S/C6H11BrO3/c1-4-9-10-5(8)6(2,3)7/h4H2,1-3H3. The van der Waals surface area contributed by atoms with Gasteiger partial charge in [-0.2, -0.15) is 4.89 Å². The molecule has 0 heterocycles. The summed E-state index contributed by atoms with van der Waals surface area (Å²) in [4.78, 5) is 19.6. The molecule has 3 nitrogen and oxygen atoms in total. The van der Waals surface area contributed by atoms with E-state index in [1.54, 1.807) is 20.8 Å². The number of halogens is 1. The zero-order valence-electron chi connectivity index (χ0n) is 6.31. The van der Waals surface area contributed by atoms with Crippen LogP contribution in [0, 0.1) is 0 Å². The van der Waals surface area contributed by atoms with Crippen LogP contribution in [0.5, 0.6) is 0 Å². The van der Waals surface area contributed by atoms with Crippen LogP contribution in [-0.4, -0.2) is 16.9 Å². The molecular formula is C6H11BrO3. The second-order valence-electron chi connectivity index (χ2n) is 2.25. The molecule has 0 bridgehead atoms. The van der Waals surface area contributed by atoms with Crippen LogP contribution in [0.2, 0.25) is 0 Å². The maximum atomic E-state index is 10.8. The molecule has 0 aliphatic carbocycles. The molecule has 0 saturated carbocycles. The summed E-state index contributed by atoms with van der Waals surface area (Å²) in [6, 6.07) is 0. The van der Waals surface area contributed by atoms with Gasteiger partial charge < -0.3 is 0 Å². The highest BCUT2D eigenvalue weighted by Gasteiger charge is 2.26. The van der Waals surface area contributed by atoms with Crippen molar-refractivity contribution in [3.05, 3.63) is 0 Å². The molecule has 0 rings (SSSR count). The van der Waals surface area contributed by atoms with Gasteiger partial charge in [-0.3, -0.25) is 4.89 Å². The molecule has 4 heteroatoms. The van der Waals surface area contributed by atoms with Gasteiger partial charge in [-0.1, -0.05) is 15.9 Å². The van der Waals surface area contributed by atoms with E-state index in [1.165, 1.54) is 0 Å². The van der Waals surface area contributed by atoms with Crippen LogP contribution in [0.4, 0.5) is 0 Å². The third-order valence-electron chi connectivity index (χ3n) is 0.738. The zero-order valence-corrected chi connectivity index (χ0v) is 7.90. The van der Waals surface area contributed by atoms with Crippen molar-refractivity contribution < 1.29 is 14.6 Å². The smallest absolute Gasteiger partial charge is 0.297 e. The summed E-state index contributed by atoms with van der Waals surface area (Å²) in [5, 5.41) is 0. The number of rotatable bonds is 3. The van der Waals surface area contributed by atoms with Gasteiger partial charge in [0.05, 0.1) is 6.61 Å². The van der Waals surface area contributed by atoms with E-state index in [9.17, 15) is 4.79 Å². The lowest BCUT2D eigenvalue weighted by Gasteiger charge is -2.11. The molecule has 0 aromatic rings. The fourth-order valence-corrected chi connectivity index (χ4v) is 0.278. The Kier molecular flexibility index (Phi) is 3.89. The Bertz CT molecular complexity index is 117. The Balaban J connectivity index is 3.64. The van der Waals surface area contributed by atoms with E-state index in [2.05, 4.69) is 25.7 Å². The molecular weight excluding hydrogens is 200 g/mol. The first-order valence-electron chi connectivity index (χ1n) is 3.01. The van der Waals surface area contributed by atoms with Crippen molar-refractivity contribution in [2.75, 3.05) is 6.61 Å². The van der Waals surface area contributed by atoms with E-state index < -0.39 is 10.3 Å². The Morgan fingerprint density at radius 3 is 2.40 bits per heavy atom. The zero-order chi connectivity index (χ0) is 8.20. The quantitative estimate of drug-likeness (QED) is 0.404. The number of alkyl halides is 1. The number of hydrogen-bond donors (Lipinski definition) is 0. The van der Waals surface area contributed by atoms with Gasteiger partial charge in [0, 0.05) is 0 Å². The van der Waals surface area contributed by atoms with Gasteiger partial charge in [-0.25, -0.2) is 4.79 Å². The summed E-state index contributed by atoms with van der Waals surface area (Å²) < 4.78 is -0.665. The van der Waals surface area contributed by atoms with Crippen LogP contribution in [0.25, 0.3) is 0 Å². The summed E-state index contributed by atoms with van der Waals surface area (Å²) in [6.07, 6.45) is 0. The average molecular weight is 211 g/mol. The van der Waals surface area contributed by atoms with Crippen LogP contribution in [0.3, 0.4) is 0 Å². The van der Waals surface area contributed by atoms with Crippen LogP contribution in [0.15, 0.2) is 0 Å². The van der Waals surface area contributed by atoms with Crippen molar-refractivity contribution in [2.24, 2.45) is 0 Å². The van der Waals surface area contributed by atoms with Crippen molar-refractivity contribution in [1.82, 2.24) is 0 Å². The molecule has 0 saturated heterocycles. The SMILES string of the molecule is CCOOC(=O)C(C)(C)Br. The Morgan fingerprint density at radius 1 is 1.60 bits per heavy atom. The van der Waals surface area contributed by atoms with Gasteiger partial charge in [0.25, 0.3) is 0 Å². The van der Waals surface area contributed by atoms with Crippen LogP contribution >= 0.6 is 15.9 Å². The molecule has 0 aromatic carbocycles. The van der Waals surface area contributed by atoms with Crippen molar-refractivity contribution >= 4 is 21.9 Å². The molecule has 0 aliphatic rings. The third-order valence-corrected chi connectivity index (χ3v) is 1.06. The largest absolute Gasteiger partial charge is 0.358 e. The molecule has 0 atom stereocenters. The highest BCUT2D eigenvalue weighted by Crippen LogP contribution is 2.17. The monoisotopic (exact) mass is 210 g/mol. The summed E-state index contributed by atoms with van der Waals surface area (Å²) in [5.41, 5.74) is 0. The molecule has 0 N–H and O–H groups in total. The van der Waals surface area contributed by atoms with Crippen LogP contribution in [0.1, 0.15) is 20.8 Å². The van der Waals surface area contributed by atoms with E-state index in [1.807, 2.05) is 0 Å². The number of carbonyl (C=O) groups is 1. The lowest BCUT2D eigenvalue weighted by molar-refractivity contribution is -0.270. The van der Waals surface area contributed by atoms with Crippen molar-refractivity contribution in [3.8, 4) is 0 Å². The van der Waals surface area contributed by atoms with E-state index in [0.29, 0.717) is 6.61 Å². The first-order valence-corrected chi connectivity index (χ1v) is 3.80. The van der Waals surface area contributed by atoms with Crippen molar-refractivity contribution in [2.45, 2.75) is 25.1 Å². The van der Waals surface area contributed by atoms with Gasteiger partial charge in [-0.15, -0.1) is 0 Å². The Labute approximate surface area is 68.7 Å². The summed E-state index contributed by atoms with van der Waals surface area (Å²) in [7, 11) is 0. The highest BCUT2D eigenvalue weighted by molar-refractivity contribution is 9.10. The molecule has 0 fully saturated rings. The van der Waals surface area contributed by atoms with Gasteiger partial charge in [0.15, 0.2) is 0 Å². The van der Waals surface area contributed by atoms with E-state index in [0.717, 1.165) is 0 Å². The maximum Gasteiger partial charge on any atom is 0.358 e. The first-order chi connectivity index (χ1) is 4.48. The lowest BCUT2D eigenvalue weighted by atomic mass is 10.2. The molecule has 0 spiro atoms. The Hall–Kier alpha value is -0.0900. The van der Waals surface area contributed by atoms with Crippen LogP contribution in [-0.2, 0) is 14.6 Å². The number of carbonyl (C=O) groups excluding carboxylic acids is 1. The predicted molar refractivity (Wildman–Crippen MR) is 40.7 cm³/mol. The second-order valence-corrected chi connectivity index (χ2v) is 4.23. The van der Waals surface area contributed by atoms with Crippen LogP contribution < -0.4 is 0 Å². The van der Waals surface area contributed by atoms with Gasteiger partial charge in [0.2, 0.25) is 0 Å². The van der Waals surface area contributed by atoms with Gasteiger partial charge >= 0.3 is 5.97 Å². The third kappa shape index (κ3) is 3.85. The predicted octanol–water partition coefficient (Wildman–Crippen LogP) is 1.65. The molecule has 0 unspecified atom stereocenters. The molecule has 0 radical (unpaired) electrons. The van der Waals surface area contributed by atoms with E-state index in [4.69, 9.17) is 0 Å². The first kappa shape index (κ1) is 9.91. The molecule has 60 valence electrons. The van der Waals surface area contributed by atoms with E-state index >= 15 is 0 Å². The molecule has 0 aliphatic heterocycles. The maximum absolute atomic E-state index is 10.8. The Morgan fingerprint density at radius 2 is 2.10 bits per heavy atom. The summed E-state index contributed by atoms with van der Waals surface area (Å²) in [6.45, 7) is 5.49. The van der Waals surface area contributed by atoms with Crippen molar-refractivity contribution in [3.63, 3.8) is 0 Å². The van der Waals surface area contributed by atoms with E-state index in [-0.39, 0.29) is 0 Å². The average Bonchev–Trinajstić information content (AvgIpc) is 1.80. The molecule has 0 amide bonds. The van der Waals surface area contributed by atoms with Gasteiger partial charge in [-0.05, 0) is 20.8 Å². The van der Waals surface area contributed by atoms with Crippen molar-refractivity contribution in [1.29, 1.82) is 0 Å². The topological polar surface area (TPSA) is 35.5 Å². The second kappa shape index (κ2) is 3.93. The number of hydrogen-bond acceptors (Lipinski definition) is 3. The summed E-state index contributed by atoms with van der Waals surface area (Å²) >= 11 is 3.12. The fourth-order valence-electron chi connectivity index (χ4n) is 0.212. The fraction of sp³-hybridized carbons (Fsp3) is 0.833.